The van der Waals surface area contributed by atoms with Crippen molar-refractivity contribution in [2.45, 2.75) is 6.92 Å². The highest BCUT2D eigenvalue weighted by Crippen LogP contribution is 2.29. The molecule has 0 fully saturated rings. The molecule has 2 N–H and O–H groups in total. The summed E-state index contributed by atoms with van der Waals surface area (Å²) in [5.74, 6) is 1.88. The minimum Gasteiger partial charge on any atom is -0.497 e. The highest BCUT2D eigenvalue weighted by Gasteiger charge is 2.17. The Morgan fingerprint density at radius 3 is 2.68 bits per heavy atom. The van der Waals surface area contributed by atoms with Crippen LogP contribution in [0.5, 0.6) is 17.4 Å². The van der Waals surface area contributed by atoms with Crippen molar-refractivity contribution in [2.24, 2.45) is 12.8 Å². The average Bonchev–Trinajstić information content (AvgIpc) is 2.64. The van der Waals surface area contributed by atoms with Gasteiger partial charge in [-0.1, -0.05) is 18.3 Å². The molecule has 1 heterocycles. The number of aryl methyl sites for hydroxylation is 2. The van der Waals surface area contributed by atoms with Gasteiger partial charge in [0.15, 0.2) is 0 Å². The standard InChI is InChI=1S/C13H15N3O2S/c1-8-11(12(14)19)13(16(2)15-8)18-10-6-4-5-9(7-10)17-3/h4-7H,1-3H3,(H2,14,19). The van der Waals surface area contributed by atoms with Crippen molar-refractivity contribution in [3.05, 3.63) is 35.5 Å². The molecular formula is C13H15N3O2S. The molecule has 5 nitrogen and oxygen atoms in total. The van der Waals surface area contributed by atoms with E-state index in [2.05, 4.69) is 5.10 Å². The zero-order chi connectivity index (χ0) is 14.0. The Morgan fingerprint density at radius 1 is 1.37 bits per heavy atom. The topological polar surface area (TPSA) is 62.3 Å². The zero-order valence-electron chi connectivity index (χ0n) is 11.0. The van der Waals surface area contributed by atoms with E-state index in [1.165, 1.54) is 0 Å². The van der Waals surface area contributed by atoms with Crippen LogP contribution in [0.15, 0.2) is 24.3 Å². The van der Waals surface area contributed by atoms with Crippen molar-refractivity contribution < 1.29 is 9.47 Å². The van der Waals surface area contributed by atoms with Gasteiger partial charge in [0.05, 0.1) is 18.4 Å². The highest BCUT2D eigenvalue weighted by atomic mass is 32.1. The monoisotopic (exact) mass is 277 g/mol. The molecular weight excluding hydrogens is 262 g/mol. The van der Waals surface area contributed by atoms with Crippen LogP contribution in [-0.4, -0.2) is 21.9 Å². The summed E-state index contributed by atoms with van der Waals surface area (Å²) in [6.45, 7) is 1.84. The number of ether oxygens (including phenoxy) is 2. The predicted octanol–water partition coefficient (Wildman–Crippen LogP) is 2.16. The maximum Gasteiger partial charge on any atom is 0.228 e. The maximum atomic E-state index is 5.82. The van der Waals surface area contributed by atoms with E-state index < -0.39 is 0 Å². The van der Waals surface area contributed by atoms with Gasteiger partial charge in [-0.25, -0.2) is 4.68 Å². The fraction of sp³-hybridized carbons (Fsp3) is 0.231. The van der Waals surface area contributed by atoms with Gasteiger partial charge in [-0.2, -0.15) is 5.10 Å². The molecule has 0 aliphatic carbocycles. The lowest BCUT2D eigenvalue weighted by Gasteiger charge is -2.09. The minimum atomic E-state index is 0.267. The van der Waals surface area contributed by atoms with Crippen LogP contribution in [0.2, 0.25) is 0 Å². The third kappa shape index (κ3) is 2.68. The van der Waals surface area contributed by atoms with E-state index in [9.17, 15) is 0 Å². The Hall–Kier alpha value is -2.08. The van der Waals surface area contributed by atoms with Crippen molar-refractivity contribution in [3.63, 3.8) is 0 Å². The van der Waals surface area contributed by atoms with Gasteiger partial charge in [0.25, 0.3) is 0 Å². The summed E-state index contributed by atoms with van der Waals surface area (Å²) >= 11 is 5.03. The molecule has 100 valence electrons. The third-order valence-corrected chi connectivity index (χ3v) is 2.88. The molecule has 0 saturated carbocycles. The molecule has 0 amide bonds. The zero-order valence-corrected chi connectivity index (χ0v) is 11.8. The van der Waals surface area contributed by atoms with Crippen LogP contribution in [0.25, 0.3) is 0 Å². The molecule has 0 saturated heterocycles. The molecule has 6 heteroatoms. The third-order valence-electron chi connectivity index (χ3n) is 2.67. The molecule has 0 bridgehead atoms. The fourth-order valence-electron chi connectivity index (χ4n) is 1.81. The number of hydrogen-bond acceptors (Lipinski definition) is 4. The molecule has 1 aromatic carbocycles. The predicted molar refractivity (Wildman–Crippen MR) is 76.9 cm³/mol. The summed E-state index contributed by atoms with van der Waals surface area (Å²) in [6, 6.07) is 7.30. The Morgan fingerprint density at radius 2 is 2.05 bits per heavy atom. The molecule has 2 aromatic rings. The Balaban J connectivity index is 2.40. The van der Waals surface area contributed by atoms with E-state index in [0.717, 1.165) is 5.69 Å². The molecule has 2 rings (SSSR count). The first-order valence-electron chi connectivity index (χ1n) is 5.68. The number of methoxy groups -OCH3 is 1. The highest BCUT2D eigenvalue weighted by molar-refractivity contribution is 7.80. The van der Waals surface area contributed by atoms with Gasteiger partial charge < -0.3 is 15.2 Å². The SMILES string of the molecule is COc1cccc(Oc2c(C(N)=S)c(C)nn2C)c1. The van der Waals surface area contributed by atoms with Crippen LogP contribution < -0.4 is 15.2 Å². The summed E-state index contributed by atoms with van der Waals surface area (Å²) in [7, 11) is 3.39. The van der Waals surface area contributed by atoms with Crippen LogP contribution in [0.4, 0.5) is 0 Å². The summed E-state index contributed by atoms with van der Waals surface area (Å²) < 4.78 is 12.6. The van der Waals surface area contributed by atoms with Crippen molar-refractivity contribution in [1.29, 1.82) is 0 Å². The van der Waals surface area contributed by atoms with Gasteiger partial charge in [-0.05, 0) is 19.1 Å². The van der Waals surface area contributed by atoms with Gasteiger partial charge >= 0.3 is 0 Å². The molecule has 0 aliphatic rings. The lowest BCUT2D eigenvalue weighted by atomic mass is 10.2. The van der Waals surface area contributed by atoms with E-state index in [0.29, 0.717) is 22.9 Å². The number of nitrogens with two attached hydrogens (primary N) is 1. The lowest BCUT2D eigenvalue weighted by Crippen LogP contribution is -2.11. The Labute approximate surface area is 116 Å². The molecule has 1 aromatic heterocycles. The Kier molecular flexibility index (Phi) is 3.71. The average molecular weight is 277 g/mol. The number of benzene rings is 1. The van der Waals surface area contributed by atoms with E-state index in [-0.39, 0.29) is 4.99 Å². The van der Waals surface area contributed by atoms with Crippen LogP contribution in [0.1, 0.15) is 11.3 Å². The van der Waals surface area contributed by atoms with E-state index in [1.807, 2.05) is 25.1 Å². The number of thiocarbonyl (C=S) groups is 1. The number of hydrogen-bond donors (Lipinski definition) is 1. The van der Waals surface area contributed by atoms with E-state index in [4.69, 9.17) is 27.4 Å². The Bertz CT molecular complexity index is 622. The number of nitrogens with zero attached hydrogens (tertiary/aromatic N) is 2. The first kappa shape index (κ1) is 13.4. The molecule has 0 aliphatic heterocycles. The maximum absolute atomic E-state index is 5.82. The summed E-state index contributed by atoms with van der Waals surface area (Å²) in [5, 5.41) is 4.26. The van der Waals surface area contributed by atoms with Crippen molar-refractivity contribution in [3.8, 4) is 17.4 Å². The van der Waals surface area contributed by atoms with Crippen LogP contribution in [0, 0.1) is 6.92 Å². The molecule has 0 spiro atoms. The largest absolute Gasteiger partial charge is 0.497 e. The first-order chi connectivity index (χ1) is 9.02. The van der Waals surface area contributed by atoms with Crippen LogP contribution in [-0.2, 0) is 7.05 Å². The van der Waals surface area contributed by atoms with Crippen molar-refractivity contribution in [2.75, 3.05) is 7.11 Å². The summed E-state index contributed by atoms with van der Waals surface area (Å²) in [5.41, 5.74) is 7.11. The molecule has 0 unspecified atom stereocenters. The van der Waals surface area contributed by atoms with Gasteiger partial charge in [0.1, 0.15) is 16.5 Å². The minimum absolute atomic E-state index is 0.267. The van der Waals surface area contributed by atoms with Crippen molar-refractivity contribution in [1.82, 2.24) is 9.78 Å². The second-order valence-corrected chi connectivity index (χ2v) is 4.47. The normalized spacial score (nSPS) is 10.3. The molecule has 19 heavy (non-hydrogen) atoms. The molecule has 0 atom stereocenters. The van der Waals surface area contributed by atoms with Crippen LogP contribution >= 0.6 is 12.2 Å². The van der Waals surface area contributed by atoms with Crippen molar-refractivity contribution >= 4 is 17.2 Å². The fourth-order valence-corrected chi connectivity index (χ4v) is 2.05. The molecule has 0 radical (unpaired) electrons. The van der Waals surface area contributed by atoms with E-state index >= 15 is 0 Å². The number of aromatic nitrogens is 2. The lowest BCUT2D eigenvalue weighted by molar-refractivity contribution is 0.402. The second kappa shape index (κ2) is 5.27. The van der Waals surface area contributed by atoms with Gasteiger partial charge in [-0.15, -0.1) is 0 Å². The second-order valence-electron chi connectivity index (χ2n) is 4.03. The first-order valence-corrected chi connectivity index (χ1v) is 6.09. The van der Waals surface area contributed by atoms with E-state index in [1.54, 1.807) is 24.9 Å². The van der Waals surface area contributed by atoms with Crippen LogP contribution in [0.3, 0.4) is 0 Å². The van der Waals surface area contributed by atoms with Gasteiger partial charge in [0.2, 0.25) is 5.88 Å². The number of rotatable bonds is 4. The summed E-state index contributed by atoms with van der Waals surface area (Å²) in [4.78, 5) is 0.267. The van der Waals surface area contributed by atoms with Gasteiger partial charge in [0, 0.05) is 13.1 Å². The smallest absolute Gasteiger partial charge is 0.228 e. The quantitative estimate of drug-likeness (QED) is 0.868. The van der Waals surface area contributed by atoms with Gasteiger partial charge in [-0.3, -0.25) is 0 Å². The summed E-state index contributed by atoms with van der Waals surface area (Å²) in [6.07, 6.45) is 0.